The average Bonchev–Trinajstić information content (AvgIpc) is 2.56. The minimum absolute atomic E-state index is 0.0788. The van der Waals surface area contributed by atoms with E-state index < -0.39 is 35.5 Å². The van der Waals surface area contributed by atoms with Gasteiger partial charge in [-0.2, -0.15) is 13.2 Å². The highest BCUT2D eigenvalue weighted by Gasteiger charge is 2.30. The zero-order valence-corrected chi connectivity index (χ0v) is 12.9. The van der Waals surface area contributed by atoms with E-state index in [0.717, 1.165) is 30.3 Å². The van der Waals surface area contributed by atoms with Crippen molar-refractivity contribution in [1.29, 1.82) is 0 Å². The number of carbonyl (C=O) groups is 2. The molecular weight excluding hydrogens is 342 g/mol. The van der Waals surface area contributed by atoms with Gasteiger partial charge >= 0.3 is 12.1 Å². The maximum absolute atomic E-state index is 13.5. The molecule has 0 heterocycles. The number of para-hydroxylation sites is 1. The molecule has 25 heavy (non-hydrogen) atoms. The number of anilines is 1. The first kappa shape index (κ1) is 18.4. The number of amides is 1. The van der Waals surface area contributed by atoms with E-state index >= 15 is 0 Å². The fourth-order valence-electron chi connectivity index (χ4n) is 1.87. The maximum atomic E-state index is 13.5. The van der Waals surface area contributed by atoms with Crippen molar-refractivity contribution in [2.24, 2.45) is 0 Å². The smallest absolute Gasteiger partial charge is 0.416 e. The van der Waals surface area contributed by atoms with Crippen molar-refractivity contribution in [3.63, 3.8) is 0 Å². The Morgan fingerprint density at radius 1 is 1.04 bits per heavy atom. The lowest BCUT2D eigenvalue weighted by molar-refractivity contribution is -0.137. The number of ether oxygens (including phenoxy) is 1. The molecule has 0 aromatic heterocycles. The fourth-order valence-corrected chi connectivity index (χ4v) is 1.87. The third kappa shape index (κ3) is 4.79. The Morgan fingerprint density at radius 3 is 2.20 bits per heavy atom. The van der Waals surface area contributed by atoms with Crippen LogP contribution in [0.2, 0.25) is 0 Å². The van der Waals surface area contributed by atoms with Gasteiger partial charge < -0.3 is 10.1 Å². The highest BCUT2D eigenvalue weighted by atomic mass is 19.4. The summed E-state index contributed by atoms with van der Waals surface area (Å²) < 4.78 is 55.8. The van der Waals surface area contributed by atoms with Crippen molar-refractivity contribution in [2.75, 3.05) is 5.32 Å². The highest BCUT2D eigenvalue weighted by Crippen LogP contribution is 2.29. The van der Waals surface area contributed by atoms with Gasteiger partial charge in [0.2, 0.25) is 0 Å². The van der Waals surface area contributed by atoms with E-state index in [1.54, 1.807) is 0 Å². The summed E-state index contributed by atoms with van der Waals surface area (Å²) in [6.45, 7) is 1.26. The molecule has 0 spiro atoms. The van der Waals surface area contributed by atoms with Gasteiger partial charge in [0, 0.05) is 0 Å². The van der Waals surface area contributed by atoms with Gasteiger partial charge in [0.15, 0.2) is 6.10 Å². The Morgan fingerprint density at radius 2 is 1.64 bits per heavy atom. The highest BCUT2D eigenvalue weighted by molar-refractivity contribution is 5.97. The zero-order valence-electron chi connectivity index (χ0n) is 12.9. The quantitative estimate of drug-likeness (QED) is 0.666. The number of halogens is 4. The first-order valence-electron chi connectivity index (χ1n) is 7.12. The molecule has 0 saturated carbocycles. The largest absolute Gasteiger partial charge is 0.449 e. The molecule has 132 valence electrons. The lowest BCUT2D eigenvalue weighted by atomic mass is 10.1. The number of alkyl halides is 3. The van der Waals surface area contributed by atoms with Crippen LogP contribution >= 0.6 is 0 Å². The standard InChI is InChI=1S/C17H13F4NO3/c1-10(15(23)22-14-5-3-2-4-13(14)18)25-16(24)11-6-8-12(9-7-11)17(19,20)21/h2-10H,1H3,(H,22,23)/t10-/m0/s1. The van der Waals surface area contributed by atoms with Gasteiger partial charge in [-0.3, -0.25) is 4.79 Å². The van der Waals surface area contributed by atoms with Gasteiger partial charge in [-0.25, -0.2) is 9.18 Å². The second-order valence-corrected chi connectivity index (χ2v) is 5.09. The molecular formula is C17H13F4NO3. The molecule has 2 aromatic carbocycles. The Balaban J connectivity index is 1.99. The molecule has 1 amide bonds. The Hall–Kier alpha value is -2.90. The van der Waals surface area contributed by atoms with Crippen molar-refractivity contribution in [1.82, 2.24) is 0 Å². The molecule has 0 aliphatic heterocycles. The molecule has 0 bridgehead atoms. The predicted molar refractivity (Wildman–Crippen MR) is 81.4 cm³/mol. The van der Waals surface area contributed by atoms with Crippen LogP contribution in [0.4, 0.5) is 23.2 Å². The molecule has 2 rings (SSSR count). The van der Waals surface area contributed by atoms with Crippen molar-refractivity contribution in [3.05, 3.63) is 65.5 Å². The Labute approximate surface area is 140 Å². The van der Waals surface area contributed by atoms with Crippen molar-refractivity contribution >= 4 is 17.6 Å². The maximum Gasteiger partial charge on any atom is 0.416 e. The van der Waals surface area contributed by atoms with Crippen LogP contribution in [0, 0.1) is 5.82 Å². The predicted octanol–water partition coefficient (Wildman–Crippen LogP) is 4.03. The van der Waals surface area contributed by atoms with Crippen LogP contribution in [0.25, 0.3) is 0 Å². The van der Waals surface area contributed by atoms with Gasteiger partial charge in [-0.15, -0.1) is 0 Å². The SMILES string of the molecule is C[C@H](OC(=O)c1ccc(C(F)(F)F)cc1)C(=O)Nc1ccccc1F. The minimum atomic E-state index is -4.52. The van der Waals surface area contributed by atoms with Crippen LogP contribution in [0.1, 0.15) is 22.8 Å². The molecule has 1 N–H and O–H groups in total. The van der Waals surface area contributed by atoms with Crippen molar-refractivity contribution in [3.8, 4) is 0 Å². The summed E-state index contributed by atoms with van der Waals surface area (Å²) in [6.07, 6.45) is -5.79. The molecule has 2 aromatic rings. The van der Waals surface area contributed by atoms with E-state index in [1.807, 2.05) is 0 Å². The monoisotopic (exact) mass is 355 g/mol. The van der Waals surface area contributed by atoms with Crippen molar-refractivity contribution < 1.29 is 31.9 Å². The summed E-state index contributed by atoms with van der Waals surface area (Å²) in [5.41, 5.74) is -1.13. The first-order valence-corrected chi connectivity index (χ1v) is 7.12. The summed E-state index contributed by atoms with van der Waals surface area (Å²) >= 11 is 0. The summed E-state index contributed by atoms with van der Waals surface area (Å²) in [5, 5.41) is 2.26. The van der Waals surface area contributed by atoms with E-state index in [-0.39, 0.29) is 11.3 Å². The van der Waals surface area contributed by atoms with Crippen LogP contribution in [0.3, 0.4) is 0 Å². The second-order valence-electron chi connectivity index (χ2n) is 5.09. The minimum Gasteiger partial charge on any atom is -0.449 e. The van der Waals surface area contributed by atoms with E-state index in [4.69, 9.17) is 4.74 Å². The number of esters is 1. The third-order valence-electron chi connectivity index (χ3n) is 3.23. The number of benzene rings is 2. The molecule has 0 unspecified atom stereocenters. The molecule has 4 nitrogen and oxygen atoms in total. The number of hydrogen-bond donors (Lipinski definition) is 1. The van der Waals surface area contributed by atoms with Crippen LogP contribution < -0.4 is 5.32 Å². The molecule has 8 heteroatoms. The van der Waals surface area contributed by atoms with Crippen LogP contribution in [0.5, 0.6) is 0 Å². The third-order valence-corrected chi connectivity index (χ3v) is 3.23. The molecule has 1 atom stereocenters. The van der Waals surface area contributed by atoms with Gasteiger partial charge in [0.1, 0.15) is 5.82 Å². The number of carbonyl (C=O) groups excluding carboxylic acids is 2. The number of rotatable bonds is 4. The lowest BCUT2D eigenvalue weighted by Crippen LogP contribution is -2.30. The van der Waals surface area contributed by atoms with Gasteiger partial charge in [0.25, 0.3) is 5.91 Å². The second kappa shape index (κ2) is 7.33. The van der Waals surface area contributed by atoms with E-state index in [9.17, 15) is 27.2 Å². The summed E-state index contributed by atoms with van der Waals surface area (Å²) in [6, 6.07) is 8.81. The normalized spacial score (nSPS) is 12.4. The lowest BCUT2D eigenvalue weighted by Gasteiger charge is -2.14. The molecule has 0 aliphatic rings. The van der Waals surface area contributed by atoms with Gasteiger partial charge in [-0.05, 0) is 43.3 Å². The van der Waals surface area contributed by atoms with Crippen molar-refractivity contribution in [2.45, 2.75) is 19.2 Å². The van der Waals surface area contributed by atoms with E-state index in [1.165, 1.54) is 25.1 Å². The molecule has 0 radical (unpaired) electrons. The molecule has 0 saturated heterocycles. The van der Waals surface area contributed by atoms with E-state index in [0.29, 0.717) is 0 Å². The number of hydrogen-bond acceptors (Lipinski definition) is 3. The zero-order chi connectivity index (χ0) is 18.6. The Kier molecular flexibility index (Phi) is 5.41. The average molecular weight is 355 g/mol. The first-order chi connectivity index (χ1) is 11.7. The topological polar surface area (TPSA) is 55.4 Å². The summed E-state index contributed by atoms with van der Waals surface area (Å²) in [4.78, 5) is 23.8. The summed E-state index contributed by atoms with van der Waals surface area (Å²) in [5.74, 6) is -2.40. The van der Waals surface area contributed by atoms with Crippen LogP contribution in [-0.2, 0) is 15.7 Å². The van der Waals surface area contributed by atoms with E-state index in [2.05, 4.69) is 5.32 Å². The van der Waals surface area contributed by atoms with Crippen LogP contribution in [0.15, 0.2) is 48.5 Å². The molecule has 0 fully saturated rings. The Bertz CT molecular complexity index is 772. The van der Waals surface area contributed by atoms with Gasteiger partial charge in [-0.1, -0.05) is 12.1 Å². The van der Waals surface area contributed by atoms with Gasteiger partial charge in [0.05, 0.1) is 16.8 Å². The fraction of sp³-hybridized carbons (Fsp3) is 0.176. The summed E-state index contributed by atoms with van der Waals surface area (Å²) in [7, 11) is 0. The van der Waals surface area contributed by atoms with Crippen LogP contribution in [-0.4, -0.2) is 18.0 Å². The number of nitrogens with one attached hydrogen (secondary N) is 1. The molecule has 0 aliphatic carbocycles.